The highest BCUT2D eigenvalue weighted by Crippen LogP contribution is 2.56. The molecule has 11 rings (SSSR count). The van der Waals surface area contributed by atoms with E-state index in [-0.39, 0.29) is 5.41 Å². The lowest BCUT2D eigenvalue weighted by Crippen LogP contribution is -2.21. The molecule has 0 fully saturated rings. The molecule has 9 aromatic carbocycles. The second-order valence-corrected chi connectivity index (χ2v) is 16.0. The highest BCUT2D eigenvalue weighted by molar-refractivity contribution is 6.06. The Morgan fingerprint density at radius 3 is 1.69 bits per heavy atom. The number of furan rings is 1. The van der Waals surface area contributed by atoms with Gasteiger partial charge in [-0.2, -0.15) is 0 Å². The van der Waals surface area contributed by atoms with Crippen LogP contribution in [0.3, 0.4) is 0 Å². The molecule has 1 aromatic heterocycles. The molecular formula is C57H41NO. The molecule has 0 bridgehead atoms. The first-order valence-electron chi connectivity index (χ1n) is 20.4. The molecule has 2 nitrogen and oxygen atoms in total. The van der Waals surface area contributed by atoms with E-state index in [9.17, 15) is 0 Å². The normalized spacial score (nSPS) is 12.7. The number of rotatable bonds is 7. The third-order valence-electron chi connectivity index (χ3n) is 12.3. The minimum atomic E-state index is -0.234. The molecule has 0 spiro atoms. The third-order valence-corrected chi connectivity index (χ3v) is 12.3. The van der Waals surface area contributed by atoms with E-state index < -0.39 is 0 Å². The zero-order valence-electron chi connectivity index (χ0n) is 33.1. The number of anilines is 3. The summed E-state index contributed by atoms with van der Waals surface area (Å²) >= 11 is 0. The number of para-hydroxylation sites is 1. The number of fused-ring (bicyclic) bond motifs is 6. The summed E-state index contributed by atoms with van der Waals surface area (Å²) in [7, 11) is 0. The van der Waals surface area contributed by atoms with E-state index in [2.05, 4.69) is 219 Å². The molecule has 10 aromatic rings. The summed E-state index contributed by atoms with van der Waals surface area (Å²) in [6.07, 6.45) is 0. The Hall–Kier alpha value is -7.42. The van der Waals surface area contributed by atoms with E-state index in [1.54, 1.807) is 0 Å². The molecule has 0 N–H and O–H groups in total. The van der Waals surface area contributed by atoms with Gasteiger partial charge in [0.25, 0.3) is 0 Å². The second kappa shape index (κ2) is 13.9. The third kappa shape index (κ3) is 5.71. The van der Waals surface area contributed by atoms with Crippen LogP contribution in [0.1, 0.15) is 25.0 Å². The van der Waals surface area contributed by atoms with Crippen LogP contribution in [0.2, 0.25) is 0 Å². The summed E-state index contributed by atoms with van der Waals surface area (Å²) in [6, 6.07) is 77.0. The Morgan fingerprint density at radius 2 is 0.932 bits per heavy atom. The molecule has 1 aliphatic rings. The van der Waals surface area contributed by atoms with Gasteiger partial charge >= 0.3 is 0 Å². The minimum Gasteiger partial charge on any atom is -0.456 e. The summed E-state index contributed by atoms with van der Waals surface area (Å²) < 4.78 is 6.32. The average molecular weight is 756 g/mol. The molecule has 0 unspecified atom stereocenters. The van der Waals surface area contributed by atoms with E-state index in [1.165, 1.54) is 61.3 Å². The SMILES string of the molecule is CC1(C)c2ccccc2-c2cccc(N(c3ccc(-c4ccc5c(c4)oc4ccccc45)cc3)c3cccc(-c4ccccc4)c3-c3ccccc3-c3ccccc3)c21. The van der Waals surface area contributed by atoms with Crippen molar-refractivity contribution in [2.75, 3.05) is 4.90 Å². The lowest BCUT2D eigenvalue weighted by Gasteiger charge is -2.34. The smallest absolute Gasteiger partial charge is 0.136 e. The maximum atomic E-state index is 6.32. The summed E-state index contributed by atoms with van der Waals surface area (Å²) in [5, 5.41) is 2.28. The average Bonchev–Trinajstić information content (AvgIpc) is 3.79. The van der Waals surface area contributed by atoms with Crippen molar-refractivity contribution in [3.63, 3.8) is 0 Å². The zero-order valence-corrected chi connectivity index (χ0v) is 33.1. The van der Waals surface area contributed by atoms with Gasteiger partial charge in [-0.1, -0.05) is 184 Å². The molecule has 59 heavy (non-hydrogen) atoms. The summed E-state index contributed by atoms with van der Waals surface area (Å²) in [6.45, 7) is 4.76. The molecule has 1 aliphatic carbocycles. The van der Waals surface area contributed by atoms with Crippen molar-refractivity contribution >= 4 is 39.0 Å². The van der Waals surface area contributed by atoms with Crippen LogP contribution in [0.15, 0.2) is 217 Å². The van der Waals surface area contributed by atoms with Crippen molar-refractivity contribution < 1.29 is 4.42 Å². The second-order valence-electron chi connectivity index (χ2n) is 16.0. The molecule has 0 aliphatic heterocycles. The molecule has 0 atom stereocenters. The fourth-order valence-corrected chi connectivity index (χ4v) is 9.56. The summed E-state index contributed by atoms with van der Waals surface area (Å²) in [4.78, 5) is 2.52. The topological polar surface area (TPSA) is 16.4 Å². The quantitative estimate of drug-likeness (QED) is 0.161. The fourth-order valence-electron chi connectivity index (χ4n) is 9.56. The van der Waals surface area contributed by atoms with Crippen LogP contribution >= 0.6 is 0 Å². The lowest BCUT2D eigenvalue weighted by molar-refractivity contribution is 0.661. The predicted molar refractivity (Wildman–Crippen MR) is 248 cm³/mol. The minimum absolute atomic E-state index is 0.234. The maximum Gasteiger partial charge on any atom is 0.136 e. The monoisotopic (exact) mass is 755 g/mol. The van der Waals surface area contributed by atoms with Gasteiger partial charge in [0.15, 0.2) is 0 Å². The van der Waals surface area contributed by atoms with Gasteiger partial charge in [0.05, 0.1) is 11.4 Å². The molecule has 0 saturated heterocycles. The van der Waals surface area contributed by atoms with Crippen molar-refractivity contribution in [2.45, 2.75) is 19.3 Å². The van der Waals surface area contributed by atoms with Gasteiger partial charge in [-0.05, 0) is 104 Å². The van der Waals surface area contributed by atoms with Crippen LogP contribution < -0.4 is 4.90 Å². The number of hydrogen-bond donors (Lipinski definition) is 0. The van der Waals surface area contributed by atoms with Crippen LogP contribution in [-0.4, -0.2) is 0 Å². The van der Waals surface area contributed by atoms with Crippen molar-refractivity contribution in [1.29, 1.82) is 0 Å². The van der Waals surface area contributed by atoms with Crippen LogP contribution in [-0.2, 0) is 5.41 Å². The molecule has 0 radical (unpaired) electrons. The Balaban J connectivity index is 1.16. The van der Waals surface area contributed by atoms with E-state index in [4.69, 9.17) is 4.42 Å². The van der Waals surface area contributed by atoms with E-state index >= 15 is 0 Å². The predicted octanol–water partition coefficient (Wildman–Crippen LogP) is 16.0. The van der Waals surface area contributed by atoms with Crippen molar-refractivity contribution in [2.24, 2.45) is 0 Å². The molecule has 1 heterocycles. The van der Waals surface area contributed by atoms with Crippen molar-refractivity contribution in [1.82, 2.24) is 0 Å². The van der Waals surface area contributed by atoms with E-state index in [1.807, 2.05) is 12.1 Å². The van der Waals surface area contributed by atoms with Gasteiger partial charge < -0.3 is 9.32 Å². The van der Waals surface area contributed by atoms with Gasteiger partial charge in [-0.3, -0.25) is 0 Å². The highest BCUT2D eigenvalue weighted by Gasteiger charge is 2.39. The largest absolute Gasteiger partial charge is 0.456 e. The molecule has 280 valence electrons. The molecule has 0 amide bonds. The molecule has 0 saturated carbocycles. The Bertz CT molecular complexity index is 3170. The Morgan fingerprint density at radius 1 is 0.373 bits per heavy atom. The standard InChI is InChI=1S/C57H41NO/c1-57(2)50-27-13-11-22-45(50)49-26-16-29-52(56(49)57)58(42-34-31-38(32-35-42)41-33-36-47-46-23-12-14-30-53(46)59-54(47)37-41)51-28-15-25-44(40-19-7-4-8-20-40)55(51)48-24-10-9-21-43(48)39-17-5-3-6-18-39/h3-37H,1-2H3. The van der Waals surface area contributed by atoms with Crippen LogP contribution in [0.5, 0.6) is 0 Å². The fraction of sp³-hybridized carbons (Fsp3) is 0.0526. The Kier molecular flexibility index (Phi) is 8.20. The van der Waals surface area contributed by atoms with Gasteiger partial charge in [0, 0.05) is 27.4 Å². The first-order valence-corrected chi connectivity index (χ1v) is 20.4. The van der Waals surface area contributed by atoms with Crippen LogP contribution in [0.25, 0.3) is 77.6 Å². The van der Waals surface area contributed by atoms with E-state index in [0.717, 1.165) is 44.4 Å². The number of nitrogens with zero attached hydrogens (tertiary/aromatic N) is 1. The van der Waals surface area contributed by atoms with Gasteiger partial charge in [-0.15, -0.1) is 0 Å². The van der Waals surface area contributed by atoms with Crippen LogP contribution in [0, 0.1) is 0 Å². The molecular weight excluding hydrogens is 715 g/mol. The first kappa shape index (κ1) is 34.8. The van der Waals surface area contributed by atoms with Crippen molar-refractivity contribution in [3.8, 4) is 55.6 Å². The first-order chi connectivity index (χ1) is 29.0. The van der Waals surface area contributed by atoms with Gasteiger partial charge in [-0.25, -0.2) is 0 Å². The lowest BCUT2D eigenvalue weighted by atomic mass is 9.81. The zero-order chi connectivity index (χ0) is 39.5. The van der Waals surface area contributed by atoms with E-state index in [0.29, 0.717) is 0 Å². The highest BCUT2D eigenvalue weighted by atomic mass is 16.3. The summed E-state index contributed by atoms with van der Waals surface area (Å²) in [5.74, 6) is 0. The number of benzene rings is 9. The number of hydrogen-bond acceptors (Lipinski definition) is 2. The maximum absolute atomic E-state index is 6.32. The van der Waals surface area contributed by atoms with Gasteiger partial charge in [0.2, 0.25) is 0 Å². The van der Waals surface area contributed by atoms with Gasteiger partial charge in [0.1, 0.15) is 11.2 Å². The summed E-state index contributed by atoms with van der Waals surface area (Å²) in [5.41, 5.74) is 19.6. The Labute approximate surface area is 345 Å². The molecule has 2 heteroatoms. The van der Waals surface area contributed by atoms with Crippen LogP contribution in [0.4, 0.5) is 17.1 Å². The van der Waals surface area contributed by atoms with Crippen molar-refractivity contribution in [3.05, 3.63) is 223 Å².